The lowest BCUT2D eigenvalue weighted by Gasteiger charge is -2.49. The van der Waals surface area contributed by atoms with Gasteiger partial charge in [-0.3, -0.25) is 4.79 Å². The predicted octanol–water partition coefficient (Wildman–Crippen LogP) is 1.40. The first-order chi connectivity index (χ1) is 9.35. The van der Waals surface area contributed by atoms with Crippen molar-refractivity contribution in [3.05, 3.63) is 16.1 Å². The molecular formula is C13H19N3O3S. The molecule has 1 aromatic rings. The molecule has 0 saturated heterocycles. The van der Waals surface area contributed by atoms with Crippen molar-refractivity contribution in [3.8, 4) is 0 Å². The molecule has 1 heterocycles. The fourth-order valence-electron chi connectivity index (χ4n) is 2.48. The second-order valence-electron chi connectivity index (χ2n) is 5.48. The number of amides is 1. The number of aromatic nitrogens is 1. The van der Waals surface area contributed by atoms with E-state index in [1.54, 1.807) is 11.9 Å². The molecule has 1 fully saturated rings. The van der Waals surface area contributed by atoms with Crippen molar-refractivity contribution in [3.63, 3.8) is 0 Å². The summed E-state index contributed by atoms with van der Waals surface area (Å²) in [5.41, 5.74) is -0.0187. The first-order valence-corrected chi connectivity index (χ1v) is 7.35. The van der Waals surface area contributed by atoms with Crippen molar-refractivity contribution in [2.45, 2.75) is 24.8 Å². The SMILES string of the molecule is CN(CC1(N(C)C)CCC1)C(=O)c1nc(C(=O)O)cs1. The lowest BCUT2D eigenvalue weighted by molar-refractivity contribution is 0.0252. The van der Waals surface area contributed by atoms with Gasteiger partial charge < -0.3 is 14.9 Å². The third kappa shape index (κ3) is 2.69. The summed E-state index contributed by atoms with van der Waals surface area (Å²) in [7, 11) is 5.81. The number of rotatable bonds is 5. The van der Waals surface area contributed by atoms with Gasteiger partial charge in [0.25, 0.3) is 5.91 Å². The van der Waals surface area contributed by atoms with Gasteiger partial charge in [0.2, 0.25) is 0 Å². The molecule has 2 rings (SSSR count). The van der Waals surface area contributed by atoms with Gasteiger partial charge in [0, 0.05) is 24.5 Å². The number of nitrogens with zero attached hydrogens (tertiary/aromatic N) is 3. The number of carbonyl (C=O) groups is 2. The van der Waals surface area contributed by atoms with E-state index in [0.717, 1.165) is 24.2 Å². The van der Waals surface area contributed by atoms with Crippen LogP contribution in [0, 0.1) is 0 Å². The number of carboxylic acid groups (broad SMARTS) is 1. The average Bonchev–Trinajstić information content (AvgIpc) is 2.81. The van der Waals surface area contributed by atoms with E-state index >= 15 is 0 Å². The highest BCUT2D eigenvalue weighted by Gasteiger charge is 2.41. The summed E-state index contributed by atoms with van der Waals surface area (Å²) in [4.78, 5) is 30.8. The maximum atomic E-state index is 12.3. The third-order valence-electron chi connectivity index (χ3n) is 4.02. The van der Waals surface area contributed by atoms with E-state index in [9.17, 15) is 9.59 Å². The second kappa shape index (κ2) is 5.49. The second-order valence-corrected chi connectivity index (χ2v) is 6.33. The quantitative estimate of drug-likeness (QED) is 0.889. The molecule has 0 unspecified atom stereocenters. The molecule has 0 aromatic carbocycles. The molecular weight excluding hydrogens is 278 g/mol. The fourth-order valence-corrected chi connectivity index (χ4v) is 3.26. The Hall–Kier alpha value is -1.47. The first kappa shape index (κ1) is 14.9. The van der Waals surface area contributed by atoms with E-state index in [0.29, 0.717) is 6.54 Å². The van der Waals surface area contributed by atoms with Gasteiger partial charge in [-0.25, -0.2) is 9.78 Å². The standard InChI is InChI=1S/C13H19N3O3S/c1-15(2)13(5-4-6-13)8-16(3)11(17)10-14-9(7-20-10)12(18)19/h7H,4-6,8H2,1-3H3,(H,18,19). The Morgan fingerprint density at radius 2 is 2.05 bits per heavy atom. The molecule has 1 aromatic heterocycles. The van der Waals surface area contributed by atoms with Gasteiger partial charge in [-0.1, -0.05) is 0 Å². The van der Waals surface area contributed by atoms with Gasteiger partial charge in [-0.2, -0.15) is 0 Å². The topological polar surface area (TPSA) is 73.7 Å². The number of carboxylic acids is 1. The summed E-state index contributed by atoms with van der Waals surface area (Å²) in [6.07, 6.45) is 3.34. The molecule has 0 aliphatic heterocycles. The average molecular weight is 297 g/mol. The van der Waals surface area contributed by atoms with Crippen molar-refractivity contribution in [1.82, 2.24) is 14.8 Å². The van der Waals surface area contributed by atoms with Crippen molar-refractivity contribution >= 4 is 23.2 Å². The van der Waals surface area contributed by atoms with Crippen LogP contribution in [0.5, 0.6) is 0 Å². The van der Waals surface area contributed by atoms with Crippen molar-refractivity contribution in [2.75, 3.05) is 27.7 Å². The Kier molecular flexibility index (Phi) is 4.10. The molecule has 1 N–H and O–H groups in total. The highest BCUT2D eigenvalue weighted by atomic mass is 32.1. The van der Waals surface area contributed by atoms with Crippen molar-refractivity contribution < 1.29 is 14.7 Å². The number of carbonyl (C=O) groups excluding carboxylic acids is 1. The minimum absolute atomic E-state index is 0.0529. The van der Waals surface area contributed by atoms with E-state index in [1.807, 2.05) is 14.1 Å². The zero-order valence-corrected chi connectivity index (χ0v) is 12.7. The summed E-state index contributed by atoms with van der Waals surface area (Å²) in [5.74, 6) is -1.32. The lowest BCUT2D eigenvalue weighted by Crippen LogP contribution is -2.57. The highest BCUT2D eigenvalue weighted by molar-refractivity contribution is 7.11. The largest absolute Gasteiger partial charge is 0.476 e. The zero-order valence-electron chi connectivity index (χ0n) is 11.9. The summed E-state index contributed by atoms with van der Waals surface area (Å²) in [5, 5.41) is 10.5. The van der Waals surface area contributed by atoms with Crippen LogP contribution in [-0.2, 0) is 0 Å². The summed E-state index contributed by atoms with van der Waals surface area (Å²) in [6.45, 7) is 0.640. The van der Waals surface area contributed by atoms with Crippen LogP contribution in [0.4, 0.5) is 0 Å². The van der Waals surface area contributed by atoms with Crippen LogP contribution in [0.15, 0.2) is 5.38 Å². The molecule has 1 aliphatic carbocycles. The van der Waals surface area contributed by atoms with Crippen LogP contribution in [0.2, 0.25) is 0 Å². The highest BCUT2D eigenvalue weighted by Crippen LogP contribution is 2.36. The molecule has 6 nitrogen and oxygen atoms in total. The van der Waals surface area contributed by atoms with E-state index in [2.05, 4.69) is 9.88 Å². The number of thiazole rings is 1. The summed E-state index contributed by atoms with van der Waals surface area (Å²) in [6, 6.07) is 0. The predicted molar refractivity (Wildman–Crippen MR) is 76.3 cm³/mol. The normalized spacial score (nSPS) is 16.8. The Morgan fingerprint density at radius 3 is 2.45 bits per heavy atom. The maximum absolute atomic E-state index is 12.3. The van der Waals surface area contributed by atoms with E-state index in [-0.39, 0.29) is 22.1 Å². The molecule has 1 amide bonds. The van der Waals surface area contributed by atoms with Crippen LogP contribution in [0.25, 0.3) is 0 Å². The van der Waals surface area contributed by atoms with Gasteiger partial charge in [-0.15, -0.1) is 11.3 Å². The summed E-state index contributed by atoms with van der Waals surface area (Å²) < 4.78 is 0. The molecule has 1 aliphatic rings. The van der Waals surface area contributed by atoms with Crippen molar-refractivity contribution in [2.24, 2.45) is 0 Å². The molecule has 0 bridgehead atoms. The third-order valence-corrected chi connectivity index (χ3v) is 4.85. The van der Waals surface area contributed by atoms with E-state index < -0.39 is 5.97 Å². The lowest BCUT2D eigenvalue weighted by atomic mass is 9.75. The molecule has 0 spiro atoms. The molecule has 20 heavy (non-hydrogen) atoms. The minimum atomic E-state index is -1.10. The Bertz CT molecular complexity index is 523. The van der Waals surface area contributed by atoms with E-state index in [1.165, 1.54) is 11.8 Å². The number of hydrogen-bond acceptors (Lipinski definition) is 5. The van der Waals surface area contributed by atoms with Gasteiger partial charge in [0.15, 0.2) is 10.7 Å². The van der Waals surface area contributed by atoms with Gasteiger partial charge >= 0.3 is 5.97 Å². The smallest absolute Gasteiger partial charge is 0.355 e. The van der Waals surface area contributed by atoms with Gasteiger partial charge in [0.05, 0.1) is 0 Å². The van der Waals surface area contributed by atoms with Crippen LogP contribution in [0.1, 0.15) is 39.6 Å². The Balaban J connectivity index is 2.06. The zero-order chi connectivity index (χ0) is 14.9. The fraction of sp³-hybridized carbons (Fsp3) is 0.615. The maximum Gasteiger partial charge on any atom is 0.355 e. The monoisotopic (exact) mass is 297 g/mol. The first-order valence-electron chi connectivity index (χ1n) is 6.47. The molecule has 7 heteroatoms. The van der Waals surface area contributed by atoms with Crippen LogP contribution in [0.3, 0.4) is 0 Å². The minimum Gasteiger partial charge on any atom is -0.476 e. The number of likely N-dealkylation sites (N-methyl/N-ethyl adjacent to an activating group) is 2. The number of aromatic carboxylic acids is 1. The van der Waals surface area contributed by atoms with Gasteiger partial charge in [0.1, 0.15) is 0 Å². The summed E-state index contributed by atoms with van der Waals surface area (Å²) >= 11 is 1.08. The van der Waals surface area contributed by atoms with Gasteiger partial charge in [-0.05, 0) is 33.4 Å². The van der Waals surface area contributed by atoms with E-state index in [4.69, 9.17) is 5.11 Å². The Labute approximate surface area is 122 Å². The molecule has 1 saturated carbocycles. The molecule has 110 valence electrons. The molecule has 0 radical (unpaired) electrons. The van der Waals surface area contributed by atoms with Crippen LogP contribution >= 0.6 is 11.3 Å². The van der Waals surface area contributed by atoms with Crippen LogP contribution in [-0.4, -0.2) is 65.0 Å². The van der Waals surface area contributed by atoms with Crippen LogP contribution < -0.4 is 0 Å². The Morgan fingerprint density at radius 1 is 1.40 bits per heavy atom. The van der Waals surface area contributed by atoms with Crippen molar-refractivity contribution in [1.29, 1.82) is 0 Å². The number of hydrogen-bond donors (Lipinski definition) is 1. The molecule has 0 atom stereocenters.